The zero-order valence-electron chi connectivity index (χ0n) is 15.0. The first-order valence-electron chi connectivity index (χ1n) is 9.19. The van der Waals surface area contributed by atoms with Crippen LogP contribution in [0.15, 0.2) is 59.7 Å². The molecule has 4 rings (SSSR count). The Balaban J connectivity index is 1.27. The van der Waals surface area contributed by atoms with Crippen molar-refractivity contribution < 1.29 is 4.74 Å². The molecule has 0 bridgehead atoms. The Morgan fingerprint density at radius 2 is 1.89 bits per heavy atom. The van der Waals surface area contributed by atoms with Crippen LogP contribution in [0.1, 0.15) is 24.3 Å². The lowest BCUT2D eigenvalue weighted by Gasteiger charge is -2.33. The molecular weight excluding hydrogens is 406 g/mol. The van der Waals surface area contributed by atoms with Crippen LogP contribution in [0.4, 0.5) is 5.82 Å². The van der Waals surface area contributed by atoms with Crippen LogP contribution >= 0.6 is 15.9 Å². The maximum absolute atomic E-state index is 5.80. The highest BCUT2D eigenvalue weighted by Gasteiger charge is 2.21. The number of benzene rings is 1. The number of nitrogens with zero attached hydrogens (tertiary/aromatic N) is 5. The van der Waals surface area contributed by atoms with Gasteiger partial charge in [-0.2, -0.15) is 5.10 Å². The van der Waals surface area contributed by atoms with Crippen LogP contribution in [-0.2, 0) is 6.54 Å². The first-order valence-corrected chi connectivity index (χ1v) is 9.99. The van der Waals surface area contributed by atoms with Crippen LogP contribution in [0, 0.1) is 0 Å². The summed E-state index contributed by atoms with van der Waals surface area (Å²) in [5.74, 6) is 2.56. The van der Waals surface area contributed by atoms with Crippen molar-refractivity contribution in [1.82, 2.24) is 19.7 Å². The predicted octanol–water partition coefficient (Wildman–Crippen LogP) is 3.90. The number of halogens is 1. The number of hydrogen-bond donors (Lipinski definition) is 0. The molecule has 1 fully saturated rings. The number of piperidine rings is 1. The molecule has 1 aliphatic rings. The summed E-state index contributed by atoms with van der Waals surface area (Å²) in [4.78, 5) is 10.8. The number of pyridine rings is 1. The second-order valence-electron chi connectivity index (χ2n) is 6.67. The molecule has 3 aromatic rings. The van der Waals surface area contributed by atoms with Gasteiger partial charge in [-0.1, -0.05) is 12.1 Å². The third kappa shape index (κ3) is 4.66. The standard InChI is InChI=1S/C20H22BrN5O/c21-18-3-6-20(23-13-18)25-9-7-17(8-10-25)16-1-4-19(5-2-16)27-12-11-26-15-22-14-24-26/h1-6,13-15,17H,7-12H2. The first-order chi connectivity index (χ1) is 13.3. The van der Waals surface area contributed by atoms with Crippen LogP contribution in [-0.4, -0.2) is 39.4 Å². The summed E-state index contributed by atoms with van der Waals surface area (Å²) in [7, 11) is 0. The molecule has 1 aliphatic heterocycles. The Kier molecular flexibility index (Phi) is 5.67. The molecular formula is C20H22BrN5O. The van der Waals surface area contributed by atoms with E-state index in [1.165, 1.54) is 11.9 Å². The molecule has 0 spiro atoms. The van der Waals surface area contributed by atoms with Crippen LogP contribution in [0.3, 0.4) is 0 Å². The monoisotopic (exact) mass is 427 g/mol. The molecule has 3 heterocycles. The molecule has 1 saturated heterocycles. The zero-order valence-corrected chi connectivity index (χ0v) is 16.6. The third-order valence-electron chi connectivity index (χ3n) is 4.94. The Labute approximate surface area is 167 Å². The third-order valence-corrected chi connectivity index (χ3v) is 5.41. The number of anilines is 1. The van der Waals surface area contributed by atoms with Gasteiger partial charge in [0.2, 0.25) is 0 Å². The second-order valence-corrected chi connectivity index (χ2v) is 7.59. The minimum atomic E-state index is 0.585. The van der Waals surface area contributed by atoms with Crippen LogP contribution in [0.5, 0.6) is 5.75 Å². The molecule has 0 amide bonds. The summed E-state index contributed by atoms with van der Waals surface area (Å²) in [6.07, 6.45) is 7.38. The predicted molar refractivity (Wildman–Crippen MR) is 108 cm³/mol. The van der Waals surface area contributed by atoms with Gasteiger partial charge in [-0.3, -0.25) is 0 Å². The summed E-state index contributed by atoms with van der Waals surface area (Å²) < 4.78 is 8.58. The van der Waals surface area contributed by atoms with Crippen molar-refractivity contribution in [2.24, 2.45) is 0 Å². The molecule has 6 nitrogen and oxygen atoms in total. The van der Waals surface area contributed by atoms with Crippen molar-refractivity contribution in [3.63, 3.8) is 0 Å². The van der Waals surface area contributed by atoms with Gasteiger partial charge in [0, 0.05) is 23.8 Å². The smallest absolute Gasteiger partial charge is 0.137 e. The fraction of sp³-hybridized carbons (Fsp3) is 0.350. The van der Waals surface area contributed by atoms with Gasteiger partial charge >= 0.3 is 0 Å². The molecule has 7 heteroatoms. The minimum absolute atomic E-state index is 0.585. The fourth-order valence-corrected chi connectivity index (χ4v) is 3.67. The van der Waals surface area contributed by atoms with E-state index in [9.17, 15) is 0 Å². The summed E-state index contributed by atoms with van der Waals surface area (Å²) in [5.41, 5.74) is 1.39. The topological polar surface area (TPSA) is 56.1 Å². The van der Waals surface area contributed by atoms with E-state index in [2.05, 4.69) is 72.3 Å². The average molecular weight is 428 g/mol. The van der Waals surface area contributed by atoms with E-state index in [-0.39, 0.29) is 0 Å². The molecule has 0 aliphatic carbocycles. The Morgan fingerprint density at radius 1 is 1.07 bits per heavy atom. The number of hydrogen-bond acceptors (Lipinski definition) is 5. The van der Waals surface area contributed by atoms with Gasteiger partial charge in [0.25, 0.3) is 0 Å². The van der Waals surface area contributed by atoms with Crippen molar-refractivity contribution in [3.05, 3.63) is 65.3 Å². The summed E-state index contributed by atoms with van der Waals surface area (Å²) in [6.45, 7) is 3.36. The Hall–Kier alpha value is -2.41. The first kappa shape index (κ1) is 18.0. The van der Waals surface area contributed by atoms with Gasteiger partial charge in [-0.05, 0) is 64.5 Å². The maximum atomic E-state index is 5.80. The summed E-state index contributed by atoms with van der Waals surface area (Å²) in [5, 5.41) is 4.07. The lowest BCUT2D eigenvalue weighted by atomic mass is 9.89. The molecule has 1 aromatic carbocycles. The average Bonchev–Trinajstić information content (AvgIpc) is 3.23. The largest absolute Gasteiger partial charge is 0.492 e. The van der Waals surface area contributed by atoms with Gasteiger partial charge in [-0.25, -0.2) is 14.6 Å². The molecule has 0 unspecified atom stereocenters. The molecule has 0 atom stereocenters. The lowest BCUT2D eigenvalue weighted by molar-refractivity contribution is 0.291. The van der Waals surface area contributed by atoms with Crippen LogP contribution in [0.2, 0.25) is 0 Å². The van der Waals surface area contributed by atoms with Crippen LogP contribution in [0.25, 0.3) is 0 Å². The highest BCUT2D eigenvalue weighted by molar-refractivity contribution is 9.10. The summed E-state index contributed by atoms with van der Waals surface area (Å²) in [6, 6.07) is 12.7. The van der Waals surface area contributed by atoms with E-state index in [1.54, 1.807) is 11.0 Å². The van der Waals surface area contributed by atoms with Crippen molar-refractivity contribution in [2.45, 2.75) is 25.3 Å². The van der Waals surface area contributed by atoms with E-state index < -0.39 is 0 Å². The van der Waals surface area contributed by atoms with Crippen molar-refractivity contribution in [2.75, 3.05) is 24.6 Å². The summed E-state index contributed by atoms with van der Waals surface area (Å²) >= 11 is 3.44. The van der Waals surface area contributed by atoms with Gasteiger partial charge in [0.05, 0.1) is 6.54 Å². The fourth-order valence-electron chi connectivity index (χ4n) is 3.44. The van der Waals surface area contributed by atoms with E-state index in [1.807, 2.05) is 6.20 Å². The van der Waals surface area contributed by atoms with Crippen molar-refractivity contribution >= 4 is 21.7 Å². The van der Waals surface area contributed by atoms with Gasteiger partial charge < -0.3 is 9.64 Å². The van der Waals surface area contributed by atoms with E-state index >= 15 is 0 Å². The Bertz CT molecular complexity index is 828. The maximum Gasteiger partial charge on any atom is 0.137 e. The number of ether oxygens (including phenoxy) is 1. The highest BCUT2D eigenvalue weighted by atomic mass is 79.9. The molecule has 140 valence electrons. The van der Waals surface area contributed by atoms with E-state index in [0.717, 1.165) is 42.0 Å². The highest BCUT2D eigenvalue weighted by Crippen LogP contribution is 2.31. The molecule has 27 heavy (non-hydrogen) atoms. The molecule has 0 N–H and O–H groups in total. The van der Waals surface area contributed by atoms with E-state index in [4.69, 9.17) is 4.74 Å². The molecule has 0 radical (unpaired) electrons. The minimum Gasteiger partial charge on any atom is -0.492 e. The number of aromatic nitrogens is 4. The number of rotatable bonds is 6. The Morgan fingerprint density at radius 3 is 2.56 bits per heavy atom. The zero-order chi connectivity index (χ0) is 18.5. The quantitative estimate of drug-likeness (QED) is 0.596. The van der Waals surface area contributed by atoms with Crippen molar-refractivity contribution in [1.29, 1.82) is 0 Å². The van der Waals surface area contributed by atoms with Crippen LogP contribution < -0.4 is 9.64 Å². The van der Waals surface area contributed by atoms with Gasteiger partial charge in [-0.15, -0.1) is 0 Å². The van der Waals surface area contributed by atoms with E-state index in [0.29, 0.717) is 19.1 Å². The lowest BCUT2D eigenvalue weighted by Crippen LogP contribution is -2.33. The SMILES string of the molecule is Brc1ccc(N2CCC(c3ccc(OCCn4cncn4)cc3)CC2)nc1. The normalized spacial score (nSPS) is 15.1. The van der Waals surface area contributed by atoms with Gasteiger partial charge in [0.1, 0.15) is 30.8 Å². The molecule has 2 aromatic heterocycles. The second kappa shape index (κ2) is 8.52. The molecule has 0 saturated carbocycles. The van der Waals surface area contributed by atoms with Crippen molar-refractivity contribution in [3.8, 4) is 5.75 Å². The van der Waals surface area contributed by atoms with Gasteiger partial charge in [0.15, 0.2) is 0 Å².